The lowest BCUT2D eigenvalue weighted by Gasteiger charge is -2.19. The summed E-state index contributed by atoms with van der Waals surface area (Å²) in [6, 6.07) is 10.1. The number of carbonyl (C=O) groups excluding carboxylic acids is 2. The second kappa shape index (κ2) is 7.40. The fourth-order valence-electron chi connectivity index (χ4n) is 3.34. The van der Waals surface area contributed by atoms with Gasteiger partial charge in [0.2, 0.25) is 11.8 Å². The van der Waals surface area contributed by atoms with Crippen LogP contribution in [0.5, 0.6) is 0 Å². The maximum atomic E-state index is 12.4. The average Bonchev–Trinajstić information content (AvgIpc) is 3.21. The molecule has 2 amide bonds. The third-order valence-corrected chi connectivity index (χ3v) is 5.58. The third-order valence-electron chi connectivity index (χ3n) is 4.70. The van der Waals surface area contributed by atoms with E-state index < -0.39 is 0 Å². The van der Waals surface area contributed by atoms with Crippen molar-refractivity contribution in [2.45, 2.75) is 39.7 Å². The number of hydrogen-bond acceptors (Lipinski definition) is 3. The van der Waals surface area contributed by atoms with Crippen molar-refractivity contribution in [3.63, 3.8) is 0 Å². The zero-order valence-corrected chi connectivity index (χ0v) is 15.7. The molecule has 3 rings (SSSR count). The van der Waals surface area contributed by atoms with Gasteiger partial charge in [0.25, 0.3) is 0 Å². The van der Waals surface area contributed by atoms with Gasteiger partial charge in [0.05, 0.1) is 12.5 Å². The molecule has 1 aliphatic heterocycles. The van der Waals surface area contributed by atoms with Crippen LogP contribution >= 0.6 is 11.3 Å². The number of hydrogen-bond donors (Lipinski definition) is 1. The first-order valence-electron chi connectivity index (χ1n) is 8.66. The summed E-state index contributed by atoms with van der Waals surface area (Å²) in [4.78, 5) is 27.7. The summed E-state index contributed by atoms with van der Waals surface area (Å²) in [5.74, 6) is 0.157. The molecule has 1 fully saturated rings. The van der Waals surface area contributed by atoms with Crippen molar-refractivity contribution < 1.29 is 9.59 Å². The number of benzene rings is 1. The Hall–Kier alpha value is -2.14. The van der Waals surface area contributed by atoms with E-state index in [-0.39, 0.29) is 24.2 Å². The molecule has 0 bridgehead atoms. The molecular formula is C20H24N2O2S. The molecule has 1 aromatic carbocycles. The topological polar surface area (TPSA) is 49.4 Å². The Morgan fingerprint density at radius 3 is 2.80 bits per heavy atom. The van der Waals surface area contributed by atoms with Gasteiger partial charge in [-0.3, -0.25) is 9.59 Å². The molecule has 4 nitrogen and oxygen atoms in total. The predicted molar refractivity (Wildman–Crippen MR) is 102 cm³/mol. The molecule has 2 aromatic rings. The molecule has 0 spiro atoms. The van der Waals surface area contributed by atoms with Gasteiger partial charge in [0, 0.05) is 23.5 Å². The van der Waals surface area contributed by atoms with Crippen LogP contribution in [0.2, 0.25) is 0 Å². The summed E-state index contributed by atoms with van der Waals surface area (Å²) in [5, 5.41) is 4.94. The van der Waals surface area contributed by atoms with Crippen LogP contribution in [0.25, 0.3) is 0 Å². The summed E-state index contributed by atoms with van der Waals surface area (Å²) >= 11 is 1.62. The molecule has 1 aliphatic rings. The largest absolute Gasteiger partial charge is 0.351 e. The summed E-state index contributed by atoms with van der Waals surface area (Å²) in [5.41, 5.74) is 3.37. The Labute approximate surface area is 152 Å². The molecule has 1 aromatic heterocycles. The Morgan fingerprint density at radius 1 is 1.36 bits per heavy atom. The van der Waals surface area contributed by atoms with E-state index in [0.717, 1.165) is 10.6 Å². The first-order chi connectivity index (χ1) is 12.0. The van der Waals surface area contributed by atoms with E-state index in [1.807, 2.05) is 23.6 Å². The highest BCUT2D eigenvalue weighted by Gasteiger charge is 2.35. The summed E-state index contributed by atoms with van der Waals surface area (Å²) in [7, 11) is 0. The minimum Gasteiger partial charge on any atom is -0.351 e. The van der Waals surface area contributed by atoms with Crippen LogP contribution in [0.3, 0.4) is 0 Å². The smallest absolute Gasteiger partial charge is 0.227 e. The van der Waals surface area contributed by atoms with E-state index in [1.54, 1.807) is 16.2 Å². The fraction of sp³-hybridized carbons (Fsp3) is 0.400. The van der Waals surface area contributed by atoms with Gasteiger partial charge >= 0.3 is 0 Å². The van der Waals surface area contributed by atoms with Crippen LogP contribution < -0.4 is 10.2 Å². The van der Waals surface area contributed by atoms with Crippen molar-refractivity contribution in [3.8, 4) is 0 Å². The van der Waals surface area contributed by atoms with E-state index in [4.69, 9.17) is 0 Å². The van der Waals surface area contributed by atoms with E-state index in [1.165, 1.54) is 11.1 Å². The first kappa shape index (κ1) is 17.7. The van der Waals surface area contributed by atoms with E-state index in [0.29, 0.717) is 19.0 Å². The summed E-state index contributed by atoms with van der Waals surface area (Å²) in [6.45, 7) is 7.39. The molecule has 0 unspecified atom stereocenters. The first-order valence-corrected chi connectivity index (χ1v) is 9.54. The van der Waals surface area contributed by atoms with E-state index in [9.17, 15) is 9.59 Å². The maximum absolute atomic E-state index is 12.4. The van der Waals surface area contributed by atoms with Gasteiger partial charge in [-0.05, 0) is 47.5 Å². The zero-order chi connectivity index (χ0) is 18.0. The Balaban J connectivity index is 1.66. The zero-order valence-electron chi connectivity index (χ0n) is 14.9. The van der Waals surface area contributed by atoms with Gasteiger partial charge in [-0.15, -0.1) is 11.3 Å². The van der Waals surface area contributed by atoms with Crippen LogP contribution in [0.15, 0.2) is 35.7 Å². The Bertz CT molecular complexity index is 768. The molecule has 132 valence electrons. The number of amides is 2. The molecular weight excluding hydrogens is 332 g/mol. The molecule has 1 atom stereocenters. The second-order valence-corrected chi connectivity index (χ2v) is 7.93. The number of thiophene rings is 1. The molecule has 5 heteroatoms. The fourth-order valence-corrected chi connectivity index (χ4v) is 3.98. The highest BCUT2D eigenvalue weighted by molar-refractivity contribution is 7.09. The summed E-state index contributed by atoms with van der Waals surface area (Å²) < 4.78 is 0. The van der Waals surface area contributed by atoms with Crippen molar-refractivity contribution in [2.24, 2.45) is 5.92 Å². The van der Waals surface area contributed by atoms with Gasteiger partial charge < -0.3 is 10.2 Å². The molecule has 1 N–H and O–H groups in total. The Kier molecular flexibility index (Phi) is 5.23. The van der Waals surface area contributed by atoms with E-state index in [2.05, 4.69) is 38.2 Å². The van der Waals surface area contributed by atoms with Crippen molar-refractivity contribution in [1.29, 1.82) is 0 Å². The van der Waals surface area contributed by atoms with Gasteiger partial charge in [-0.25, -0.2) is 0 Å². The normalized spacial score (nSPS) is 17.4. The number of nitrogens with one attached hydrogen (secondary N) is 1. The van der Waals surface area contributed by atoms with Gasteiger partial charge in [-0.1, -0.05) is 26.0 Å². The average molecular weight is 356 g/mol. The van der Waals surface area contributed by atoms with Crippen LogP contribution in [0.1, 0.15) is 42.2 Å². The standard InChI is InChI=1S/C20H24N2O2S/c1-13(2)18-7-6-16(9-14(18)3)22-12-15(10-19(22)23)20(24)21-11-17-5-4-8-25-17/h4-9,13,15H,10-12H2,1-3H3,(H,21,24)/t15-/m1/s1. The highest BCUT2D eigenvalue weighted by atomic mass is 32.1. The molecule has 2 heterocycles. The molecule has 1 saturated heterocycles. The van der Waals surface area contributed by atoms with E-state index >= 15 is 0 Å². The molecule has 0 saturated carbocycles. The predicted octanol–water partition coefficient (Wildman–Crippen LogP) is 3.85. The minimum atomic E-state index is -0.280. The van der Waals surface area contributed by atoms with Crippen molar-refractivity contribution >= 4 is 28.8 Å². The van der Waals surface area contributed by atoms with Crippen LogP contribution in [0, 0.1) is 12.8 Å². The quantitative estimate of drug-likeness (QED) is 0.885. The second-order valence-electron chi connectivity index (χ2n) is 6.90. The lowest BCUT2D eigenvalue weighted by molar-refractivity contribution is -0.126. The van der Waals surface area contributed by atoms with Gasteiger partial charge in [-0.2, -0.15) is 0 Å². The highest BCUT2D eigenvalue weighted by Crippen LogP contribution is 2.29. The summed E-state index contributed by atoms with van der Waals surface area (Å²) in [6.07, 6.45) is 0.279. The van der Waals surface area contributed by atoms with Crippen molar-refractivity contribution in [2.75, 3.05) is 11.4 Å². The SMILES string of the molecule is Cc1cc(N2C[C@H](C(=O)NCc3cccs3)CC2=O)ccc1C(C)C. The van der Waals surface area contributed by atoms with Gasteiger partial charge in [0.1, 0.15) is 0 Å². The number of carbonyl (C=O) groups is 2. The number of rotatable bonds is 5. The van der Waals surface area contributed by atoms with Crippen molar-refractivity contribution in [3.05, 3.63) is 51.7 Å². The number of anilines is 1. The lowest BCUT2D eigenvalue weighted by atomic mass is 9.97. The molecule has 25 heavy (non-hydrogen) atoms. The number of nitrogens with zero attached hydrogens (tertiary/aromatic N) is 1. The lowest BCUT2D eigenvalue weighted by Crippen LogP contribution is -2.32. The maximum Gasteiger partial charge on any atom is 0.227 e. The monoisotopic (exact) mass is 356 g/mol. The minimum absolute atomic E-state index is 0.0213. The van der Waals surface area contributed by atoms with Gasteiger partial charge in [0.15, 0.2) is 0 Å². The third kappa shape index (κ3) is 3.93. The van der Waals surface area contributed by atoms with Crippen LogP contribution in [0.4, 0.5) is 5.69 Å². The van der Waals surface area contributed by atoms with Crippen LogP contribution in [-0.2, 0) is 16.1 Å². The van der Waals surface area contributed by atoms with Crippen LogP contribution in [-0.4, -0.2) is 18.4 Å². The number of aryl methyl sites for hydroxylation is 1. The molecule has 0 aliphatic carbocycles. The van der Waals surface area contributed by atoms with Crippen molar-refractivity contribution in [1.82, 2.24) is 5.32 Å². The Morgan fingerprint density at radius 2 is 2.16 bits per heavy atom. The molecule has 0 radical (unpaired) electrons.